The molecule has 1 aliphatic heterocycles. The summed E-state index contributed by atoms with van der Waals surface area (Å²) in [6.45, 7) is 1.61. The minimum Gasteiger partial charge on any atom is -0.497 e. The van der Waals surface area contributed by atoms with Crippen LogP contribution >= 0.6 is 11.8 Å². The number of hydrogen-bond acceptors (Lipinski definition) is 4. The second-order valence-electron chi connectivity index (χ2n) is 5.24. The van der Waals surface area contributed by atoms with E-state index in [1.165, 1.54) is 5.56 Å². The third-order valence-electron chi connectivity index (χ3n) is 3.82. The first kappa shape index (κ1) is 14.9. The molecule has 0 atom stereocenters. The molecule has 5 heteroatoms. The van der Waals surface area contributed by atoms with Crippen molar-refractivity contribution in [2.24, 2.45) is 0 Å². The number of carbonyl (C=O) groups excluding carboxylic acids is 1. The van der Waals surface area contributed by atoms with Gasteiger partial charge in [0.25, 0.3) is 0 Å². The normalized spacial score (nSPS) is 14.5. The number of pyridine rings is 1. The Labute approximate surface area is 134 Å². The molecule has 1 aliphatic rings. The molecule has 2 aromatic rings. The zero-order valence-corrected chi connectivity index (χ0v) is 13.3. The van der Waals surface area contributed by atoms with Gasteiger partial charge in [-0.2, -0.15) is 0 Å². The van der Waals surface area contributed by atoms with Crippen LogP contribution in [0.15, 0.2) is 53.7 Å². The van der Waals surface area contributed by atoms with Crippen molar-refractivity contribution in [2.45, 2.75) is 10.8 Å². The van der Waals surface area contributed by atoms with E-state index in [-0.39, 0.29) is 5.91 Å². The zero-order valence-electron chi connectivity index (χ0n) is 12.4. The molecule has 0 bridgehead atoms. The van der Waals surface area contributed by atoms with E-state index in [0.717, 1.165) is 23.7 Å². The molecule has 2 heterocycles. The number of methoxy groups -OCH3 is 1. The van der Waals surface area contributed by atoms with Gasteiger partial charge in [-0.15, -0.1) is 11.8 Å². The summed E-state index contributed by atoms with van der Waals surface area (Å²) in [5.74, 6) is 1.93. The summed E-state index contributed by atoms with van der Waals surface area (Å²) in [5, 5.41) is 0. The second kappa shape index (κ2) is 6.83. The van der Waals surface area contributed by atoms with Crippen LogP contribution in [0.4, 0.5) is 0 Å². The van der Waals surface area contributed by atoms with E-state index in [1.807, 2.05) is 41.3 Å². The maximum atomic E-state index is 12.2. The molecular formula is C17H18N2O2S. The Morgan fingerprint density at radius 2 is 2.09 bits per heavy atom. The van der Waals surface area contributed by atoms with Crippen LogP contribution in [0.3, 0.4) is 0 Å². The molecule has 0 radical (unpaired) electrons. The summed E-state index contributed by atoms with van der Waals surface area (Å²) in [6.07, 6.45) is 3.61. The molecule has 4 nitrogen and oxygen atoms in total. The highest BCUT2D eigenvalue weighted by molar-refractivity contribution is 8.00. The zero-order chi connectivity index (χ0) is 15.4. The summed E-state index contributed by atoms with van der Waals surface area (Å²) in [6, 6.07) is 11.8. The van der Waals surface area contributed by atoms with Gasteiger partial charge < -0.3 is 9.64 Å². The maximum absolute atomic E-state index is 12.2. The lowest BCUT2D eigenvalue weighted by Gasteiger charge is -2.39. The highest BCUT2D eigenvalue weighted by Crippen LogP contribution is 2.28. The number of hydrogen-bond donors (Lipinski definition) is 0. The van der Waals surface area contributed by atoms with Crippen molar-refractivity contribution >= 4 is 17.7 Å². The molecule has 114 valence electrons. The van der Waals surface area contributed by atoms with Gasteiger partial charge in [0.05, 0.1) is 12.9 Å². The van der Waals surface area contributed by atoms with Gasteiger partial charge in [-0.05, 0) is 35.9 Å². The molecule has 0 aliphatic carbocycles. The average Bonchev–Trinajstić information content (AvgIpc) is 2.53. The maximum Gasteiger partial charge on any atom is 0.232 e. The highest BCUT2D eigenvalue weighted by Gasteiger charge is 2.31. The van der Waals surface area contributed by atoms with E-state index in [0.29, 0.717) is 11.7 Å². The van der Waals surface area contributed by atoms with Gasteiger partial charge in [-0.3, -0.25) is 9.78 Å². The molecular weight excluding hydrogens is 296 g/mol. The van der Waals surface area contributed by atoms with Crippen LogP contribution in [0.25, 0.3) is 0 Å². The molecule has 0 N–H and O–H groups in total. The summed E-state index contributed by atoms with van der Waals surface area (Å²) in [7, 11) is 1.65. The molecule has 3 rings (SSSR count). The Kier molecular flexibility index (Phi) is 4.63. The van der Waals surface area contributed by atoms with Crippen molar-refractivity contribution in [3.8, 4) is 5.75 Å². The third-order valence-corrected chi connectivity index (χ3v) is 4.79. The highest BCUT2D eigenvalue weighted by atomic mass is 32.2. The van der Waals surface area contributed by atoms with Crippen molar-refractivity contribution in [1.29, 1.82) is 0 Å². The number of likely N-dealkylation sites (tertiary alicyclic amines) is 1. The lowest BCUT2D eigenvalue weighted by molar-refractivity contribution is -0.132. The van der Waals surface area contributed by atoms with E-state index in [4.69, 9.17) is 4.74 Å². The van der Waals surface area contributed by atoms with Crippen molar-refractivity contribution < 1.29 is 9.53 Å². The Morgan fingerprint density at radius 3 is 2.82 bits per heavy atom. The molecule has 1 amide bonds. The van der Waals surface area contributed by atoms with Crippen LogP contribution in [0.2, 0.25) is 0 Å². The van der Waals surface area contributed by atoms with E-state index in [9.17, 15) is 4.79 Å². The standard InChI is InChI=1S/C17H18N2O2S/c1-21-15-3-2-4-16(9-15)22-12-17(20)19-10-14(11-19)13-5-7-18-8-6-13/h2-9,14H,10-12H2,1H3. The van der Waals surface area contributed by atoms with Gasteiger partial charge >= 0.3 is 0 Å². The number of amides is 1. The molecule has 22 heavy (non-hydrogen) atoms. The largest absolute Gasteiger partial charge is 0.497 e. The van der Waals surface area contributed by atoms with E-state index < -0.39 is 0 Å². The number of carbonyl (C=O) groups is 1. The van der Waals surface area contributed by atoms with Crippen molar-refractivity contribution in [3.63, 3.8) is 0 Å². The minimum absolute atomic E-state index is 0.193. The Balaban J connectivity index is 1.48. The predicted molar refractivity (Wildman–Crippen MR) is 87.3 cm³/mol. The minimum atomic E-state index is 0.193. The topological polar surface area (TPSA) is 42.4 Å². The Morgan fingerprint density at radius 1 is 1.32 bits per heavy atom. The van der Waals surface area contributed by atoms with Crippen LogP contribution in [-0.4, -0.2) is 41.7 Å². The van der Waals surface area contributed by atoms with Crippen LogP contribution < -0.4 is 4.74 Å². The van der Waals surface area contributed by atoms with E-state index in [1.54, 1.807) is 31.3 Å². The van der Waals surface area contributed by atoms with Gasteiger partial charge in [0.1, 0.15) is 5.75 Å². The Bertz CT molecular complexity index is 642. The van der Waals surface area contributed by atoms with Gasteiger partial charge in [-0.1, -0.05) is 6.07 Å². The number of thioether (sulfide) groups is 1. The first-order valence-electron chi connectivity index (χ1n) is 7.21. The van der Waals surface area contributed by atoms with Crippen LogP contribution in [-0.2, 0) is 4.79 Å². The van der Waals surface area contributed by atoms with Crippen LogP contribution in [0.1, 0.15) is 11.5 Å². The monoisotopic (exact) mass is 314 g/mol. The summed E-state index contributed by atoms with van der Waals surface area (Å²) in [4.78, 5) is 19.2. The first-order valence-corrected chi connectivity index (χ1v) is 8.19. The average molecular weight is 314 g/mol. The van der Waals surface area contributed by atoms with E-state index in [2.05, 4.69) is 4.98 Å². The lowest BCUT2D eigenvalue weighted by Crippen LogP contribution is -2.49. The van der Waals surface area contributed by atoms with Gasteiger partial charge in [0.15, 0.2) is 0 Å². The van der Waals surface area contributed by atoms with Crippen LogP contribution in [0.5, 0.6) is 5.75 Å². The van der Waals surface area contributed by atoms with Gasteiger partial charge in [0, 0.05) is 36.3 Å². The van der Waals surface area contributed by atoms with Crippen molar-refractivity contribution in [3.05, 3.63) is 54.4 Å². The molecule has 1 fully saturated rings. The fraction of sp³-hybridized carbons (Fsp3) is 0.294. The van der Waals surface area contributed by atoms with Crippen molar-refractivity contribution in [1.82, 2.24) is 9.88 Å². The first-order chi connectivity index (χ1) is 10.8. The number of aromatic nitrogens is 1. The Hall–Kier alpha value is -2.01. The SMILES string of the molecule is COc1cccc(SCC(=O)N2CC(c3ccncc3)C2)c1. The fourth-order valence-corrected chi connectivity index (χ4v) is 3.30. The molecule has 0 unspecified atom stereocenters. The van der Waals surface area contributed by atoms with Gasteiger partial charge in [-0.25, -0.2) is 0 Å². The van der Waals surface area contributed by atoms with Crippen LogP contribution in [0, 0.1) is 0 Å². The molecule has 1 aromatic carbocycles. The molecule has 1 saturated heterocycles. The molecule has 0 saturated carbocycles. The quantitative estimate of drug-likeness (QED) is 0.796. The summed E-state index contributed by atoms with van der Waals surface area (Å²) < 4.78 is 5.19. The van der Waals surface area contributed by atoms with E-state index >= 15 is 0 Å². The smallest absolute Gasteiger partial charge is 0.232 e. The van der Waals surface area contributed by atoms with Gasteiger partial charge in [0.2, 0.25) is 5.91 Å². The van der Waals surface area contributed by atoms with Crippen molar-refractivity contribution in [2.75, 3.05) is 26.0 Å². The lowest BCUT2D eigenvalue weighted by atomic mass is 9.92. The number of rotatable bonds is 5. The second-order valence-corrected chi connectivity index (χ2v) is 6.29. The summed E-state index contributed by atoms with van der Waals surface area (Å²) >= 11 is 1.55. The fourth-order valence-electron chi connectivity index (χ4n) is 2.46. The molecule has 0 spiro atoms. The third kappa shape index (κ3) is 3.42. The predicted octanol–water partition coefficient (Wildman–Crippen LogP) is 2.81. The summed E-state index contributed by atoms with van der Waals surface area (Å²) in [5.41, 5.74) is 1.26. The molecule has 1 aromatic heterocycles. The number of nitrogens with zero attached hydrogens (tertiary/aromatic N) is 2. The number of ether oxygens (including phenoxy) is 1. The number of benzene rings is 1.